The maximum absolute atomic E-state index is 13.2. The summed E-state index contributed by atoms with van der Waals surface area (Å²) in [6.07, 6.45) is 0.505. The fraction of sp³-hybridized carbons (Fsp3) is 0.400. The van der Waals surface area contributed by atoms with Gasteiger partial charge in [-0.25, -0.2) is 0 Å². The monoisotopic (exact) mass is 340 g/mol. The Hall–Kier alpha value is -2.56. The molecular weight excluding hydrogens is 316 g/mol. The number of carbonyl (C=O) groups excluding carboxylic acids is 1. The van der Waals surface area contributed by atoms with Crippen molar-refractivity contribution in [2.45, 2.75) is 40.2 Å². The first-order chi connectivity index (χ1) is 11.8. The van der Waals surface area contributed by atoms with Gasteiger partial charge >= 0.3 is 5.97 Å². The summed E-state index contributed by atoms with van der Waals surface area (Å²) in [5.74, 6) is -1.42. The summed E-state index contributed by atoms with van der Waals surface area (Å²) >= 11 is 0. The minimum atomic E-state index is -0.829. The molecule has 5 nitrogen and oxygen atoms in total. The van der Waals surface area contributed by atoms with Gasteiger partial charge in [-0.2, -0.15) is 0 Å². The Kier molecular flexibility index (Phi) is 4.41. The topological polar surface area (TPSA) is 62.5 Å². The van der Waals surface area contributed by atoms with Gasteiger partial charge in [-0.3, -0.25) is 9.59 Å². The van der Waals surface area contributed by atoms with Crippen LogP contribution in [-0.4, -0.2) is 39.0 Å². The molecule has 132 valence electrons. The normalized spacial score (nSPS) is 20.1. The molecule has 0 radical (unpaired) electrons. The van der Waals surface area contributed by atoms with Crippen LogP contribution in [0.1, 0.15) is 40.7 Å². The quantitative estimate of drug-likeness (QED) is 0.932. The molecular formula is C20H24N2O3. The van der Waals surface area contributed by atoms with E-state index >= 15 is 0 Å². The van der Waals surface area contributed by atoms with Crippen LogP contribution in [0.4, 0.5) is 0 Å². The molecule has 1 amide bonds. The first-order valence-electron chi connectivity index (χ1n) is 8.61. The van der Waals surface area contributed by atoms with Gasteiger partial charge in [0, 0.05) is 24.0 Å². The summed E-state index contributed by atoms with van der Waals surface area (Å²) in [4.78, 5) is 26.3. The van der Waals surface area contributed by atoms with E-state index in [2.05, 4.69) is 4.57 Å². The maximum atomic E-state index is 13.2. The summed E-state index contributed by atoms with van der Waals surface area (Å²) in [7, 11) is 0. The van der Waals surface area contributed by atoms with Crippen molar-refractivity contribution < 1.29 is 14.7 Å². The molecule has 1 N–H and O–H groups in total. The highest BCUT2D eigenvalue weighted by Gasteiger charge is 2.39. The fourth-order valence-electron chi connectivity index (χ4n) is 3.78. The van der Waals surface area contributed by atoms with E-state index in [-0.39, 0.29) is 11.9 Å². The van der Waals surface area contributed by atoms with Gasteiger partial charge in [0.1, 0.15) is 0 Å². The van der Waals surface area contributed by atoms with Crippen LogP contribution < -0.4 is 0 Å². The number of rotatable bonds is 3. The first-order valence-corrected chi connectivity index (χ1v) is 8.61. The molecule has 0 aliphatic carbocycles. The van der Waals surface area contributed by atoms with Crippen molar-refractivity contribution in [1.29, 1.82) is 0 Å². The highest BCUT2D eigenvalue weighted by molar-refractivity contribution is 5.99. The standard InChI is InChI=1S/C20H24N2O3/c1-12-5-8-18(22-13(2)6-7-14(22)3)17(11-12)19(23)21-10-9-16(15(21)4)20(24)25/h5-8,11,15-16H,9-10H2,1-4H3,(H,24,25). The number of carbonyl (C=O) groups is 2. The van der Waals surface area contributed by atoms with Gasteiger partial charge < -0.3 is 14.6 Å². The zero-order valence-electron chi connectivity index (χ0n) is 15.1. The Morgan fingerprint density at radius 1 is 1.08 bits per heavy atom. The number of aliphatic carboxylic acids is 1. The average Bonchev–Trinajstić information content (AvgIpc) is 3.10. The minimum absolute atomic E-state index is 0.0950. The van der Waals surface area contributed by atoms with Crippen molar-refractivity contribution in [3.63, 3.8) is 0 Å². The number of hydrogen-bond donors (Lipinski definition) is 1. The summed E-state index contributed by atoms with van der Waals surface area (Å²) in [6.45, 7) is 8.29. The van der Waals surface area contributed by atoms with Gasteiger partial charge in [0.2, 0.25) is 0 Å². The van der Waals surface area contributed by atoms with E-state index in [1.54, 1.807) is 4.90 Å². The molecule has 1 saturated heterocycles. The highest BCUT2D eigenvalue weighted by Crippen LogP contribution is 2.29. The fourth-order valence-corrected chi connectivity index (χ4v) is 3.78. The van der Waals surface area contributed by atoms with Crippen molar-refractivity contribution in [1.82, 2.24) is 9.47 Å². The van der Waals surface area contributed by atoms with Crippen molar-refractivity contribution >= 4 is 11.9 Å². The number of aryl methyl sites for hydroxylation is 3. The molecule has 2 heterocycles. The molecule has 2 aromatic rings. The third-order valence-corrected chi connectivity index (χ3v) is 5.23. The Morgan fingerprint density at radius 2 is 1.72 bits per heavy atom. The number of aromatic nitrogens is 1. The number of carboxylic acids is 1. The number of carboxylic acid groups (broad SMARTS) is 1. The van der Waals surface area contributed by atoms with Gasteiger partial charge in [-0.05, 0) is 58.4 Å². The average molecular weight is 340 g/mol. The van der Waals surface area contributed by atoms with E-state index in [0.717, 1.165) is 22.6 Å². The maximum Gasteiger partial charge on any atom is 0.308 e. The van der Waals surface area contributed by atoms with E-state index in [1.807, 2.05) is 58.0 Å². The molecule has 5 heteroatoms. The molecule has 2 unspecified atom stereocenters. The third-order valence-electron chi connectivity index (χ3n) is 5.23. The summed E-state index contributed by atoms with van der Waals surface area (Å²) in [6, 6.07) is 9.63. The molecule has 25 heavy (non-hydrogen) atoms. The number of benzene rings is 1. The van der Waals surface area contributed by atoms with Crippen LogP contribution >= 0.6 is 0 Å². The van der Waals surface area contributed by atoms with Gasteiger partial charge in [0.05, 0.1) is 17.2 Å². The SMILES string of the molecule is Cc1ccc(-n2c(C)ccc2C)c(C(=O)N2CCC(C(=O)O)C2C)c1. The number of hydrogen-bond acceptors (Lipinski definition) is 2. The van der Waals surface area contributed by atoms with Crippen LogP contribution in [-0.2, 0) is 4.79 Å². The first kappa shape index (κ1) is 17.3. The number of amides is 1. The second-order valence-corrected chi connectivity index (χ2v) is 6.94. The lowest BCUT2D eigenvalue weighted by atomic mass is 10.0. The van der Waals surface area contributed by atoms with Gasteiger partial charge in [0.25, 0.3) is 5.91 Å². The molecule has 3 rings (SSSR count). The summed E-state index contributed by atoms with van der Waals surface area (Å²) < 4.78 is 2.07. The molecule has 1 aliphatic heterocycles. The second kappa shape index (κ2) is 6.39. The summed E-state index contributed by atoms with van der Waals surface area (Å²) in [5.41, 5.74) is 4.61. The molecule has 1 aromatic carbocycles. The summed E-state index contributed by atoms with van der Waals surface area (Å²) in [5, 5.41) is 9.33. The molecule has 1 fully saturated rings. The molecule has 1 aromatic heterocycles. The Labute approximate surface area is 147 Å². The van der Waals surface area contributed by atoms with Gasteiger partial charge in [-0.1, -0.05) is 11.6 Å². The Bertz CT molecular complexity index is 818. The number of likely N-dealkylation sites (tertiary alicyclic amines) is 1. The lowest BCUT2D eigenvalue weighted by Crippen LogP contribution is -2.38. The zero-order valence-corrected chi connectivity index (χ0v) is 15.1. The predicted octanol–water partition coefficient (Wildman–Crippen LogP) is 3.34. The van der Waals surface area contributed by atoms with E-state index in [0.29, 0.717) is 18.5 Å². The number of nitrogens with zero attached hydrogens (tertiary/aromatic N) is 2. The Morgan fingerprint density at radius 3 is 2.28 bits per heavy atom. The van der Waals surface area contributed by atoms with Crippen LogP contribution in [0.2, 0.25) is 0 Å². The lowest BCUT2D eigenvalue weighted by molar-refractivity contribution is -0.142. The largest absolute Gasteiger partial charge is 0.481 e. The van der Waals surface area contributed by atoms with E-state index in [4.69, 9.17) is 0 Å². The molecule has 0 saturated carbocycles. The van der Waals surface area contributed by atoms with Crippen LogP contribution in [0.3, 0.4) is 0 Å². The molecule has 1 aliphatic rings. The molecule has 2 atom stereocenters. The van der Waals surface area contributed by atoms with Crippen molar-refractivity contribution in [3.05, 3.63) is 52.8 Å². The van der Waals surface area contributed by atoms with Gasteiger partial charge in [-0.15, -0.1) is 0 Å². The minimum Gasteiger partial charge on any atom is -0.481 e. The van der Waals surface area contributed by atoms with Crippen molar-refractivity contribution in [3.8, 4) is 5.69 Å². The van der Waals surface area contributed by atoms with E-state index in [1.165, 1.54) is 0 Å². The van der Waals surface area contributed by atoms with E-state index < -0.39 is 11.9 Å². The van der Waals surface area contributed by atoms with Crippen LogP contribution in [0.25, 0.3) is 5.69 Å². The smallest absolute Gasteiger partial charge is 0.308 e. The van der Waals surface area contributed by atoms with Crippen molar-refractivity contribution in [2.24, 2.45) is 5.92 Å². The third kappa shape index (κ3) is 2.95. The van der Waals surface area contributed by atoms with Crippen LogP contribution in [0.5, 0.6) is 0 Å². The van der Waals surface area contributed by atoms with E-state index in [9.17, 15) is 14.7 Å². The van der Waals surface area contributed by atoms with Crippen LogP contribution in [0.15, 0.2) is 30.3 Å². The van der Waals surface area contributed by atoms with Crippen molar-refractivity contribution in [2.75, 3.05) is 6.54 Å². The molecule has 0 spiro atoms. The molecule has 0 bridgehead atoms. The highest BCUT2D eigenvalue weighted by atomic mass is 16.4. The Balaban J connectivity index is 2.04. The predicted molar refractivity (Wildman–Crippen MR) is 96.2 cm³/mol. The van der Waals surface area contributed by atoms with Crippen LogP contribution in [0, 0.1) is 26.7 Å². The second-order valence-electron chi connectivity index (χ2n) is 6.94. The zero-order chi connectivity index (χ0) is 18.3. The van der Waals surface area contributed by atoms with Gasteiger partial charge in [0.15, 0.2) is 0 Å². The lowest BCUT2D eigenvalue weighted by Gasteiger charge is -2.25.